The van der Waals surface area contributed by atoms with Crippen LogP contribution in [0.4, 0.5) is 0 Å². The Morgan fingerprint density at radius 2 is 2.00 bits per heavy atom. The monoisotopic (exact) mass is 460 g/mol. The molecule has 1 atom stereocenters. The second-order valence-electron chi connectivity index (χ2n) is 6.06. The number of hydrogen-bond donors (Lipinski definition) is 1. The van der Waals surface area contributed by atoms with Crippen molar-refractivity contribution in [3.8, 4) is 5.75 Å². The van der Waals surface area contributed by atoms with Crippen molar-refractivity contribution in [3.05, 3.63) is 33.3 Å². The van der Waals surface area contributed by atoms with Crippen LogP contribution < -0.4 is 10.1 Å². The van der Waals surface area contributed by atoms with Gasteiger partial charge in [-0.3, -0.25) is 9.78 Å². The molecule has 0 saturated carbocycles. The Balaban J connectivity index is 2.27. The van der Waals surface area contributed by atoms with Crippen molar-refractivity contribution in [2.45, 2.75) is 31.7 Å². The summed E-state index contributed by atoms with van der Waals surface area (Å²) < 4.78 is 7.60. The second-order valence-corrected chi connectivity index (χ2v) is 8.72. The molecule has 23 heavy (non-hydrogen) atoms. The zero-order valence-electron chi connectivity index (χ0n) is 13.3. The van der Waals surface area contributed by atoms with Crippen LogP contribution in [-0.2, 0) is 4.79 Å². The molecule has 7 heteroatoms. The molecule has 1 aromatic carbocycles. The zero-order chi connectivity index (χ0) is 17.2. The highest BCUT2D eigenvalue weighted by Gasteiger charge is 2.24. The molecular formula is C16H18Br2N2O2S. The minimum absolute atomic E-state index is 0.145. The van der Waals surface area contributed by atoms with Crippen molar-refractivity contribution in [3.63, 3.8) is 0 Å². The van der Waals surface area contributed by atoms with Crippen LogP contribution in [0.1, 0.15) is 20.8 Å². The molecule has 1 unspecified atom stereocenters. The first kappa shape index (κ1) is 18.5. The van der Waals surface area contributed by atoms with Crippen molar-refractivity contribution < 1.29 is 9.53 Å². The molecule has 0 aliphatic carbocycles. The molecule has 124 valence electrons. The highest BCUT2D eigenvalue weighted by Crippen LogP contribution is 2.31. The number of rotatable bonds is 4. The van der Waals surface area contributed by atoms with Gasteiger partial charge in [0.1, 0.15) is 5.75 Å². The van der Waals surface area contributed by atoms with Gasteiger partial charge in [0, 0.05) is 26.1 Å². The van der Waals surface area contributed by atoms with Crippen LogP contribution in [-0.4, -0.2) is 28.1 Å². The molecule has 2 aromatic rings. The Labute approximate surface area is 157 Å². The molecule has 0 spiro atoms. The average Bonchev–Trinajstić information content (AvgIpc) is 2.42. The molecule has 0 radical (unpaired) electrons. The van der Waals surface area contributed by atoms with E-state index in [-0.39, 0.29) is 11.4 Å². The van der Waals surface area contributed by atoms with Crippen LogP contribution in [0.15, 0.2) is 33.3 Å². The maximum atomic E-state index is 12.3. The molecule has 1 amide bonds. The Morgan fingerprint density at radius 3 is 2.61 bits per heavy atom. The molecule has 1 aromatic heterocycles. The van der Waals surface area contributed by atoms with E-state index in [1.165, 1.54) is 11.8 Å². The number of hydrogen-bond acceptors (Lipinski definition) is 4. The van der Waals surface area contributed by atoms with Crippen molar-refractivity contribution in [1.29, 1.82) is 0 Å². The van der Waals surface area contributed by atoms with E-state index in [1.54, 1.807) is 6.20 Å². The number of aromatic nitrogens is 1. The maximum absolute atomic E-state index is 12.3. The van der Waals surface area contributed by atoms with E-state index in [2.05, 4.69) is 42.2 Å². The summed E-state index contributed by atoms with van der Waals surface area (Å²) in [5.74, 6) is 0.473. The number of amides is 1. The summed E-state index contributed by atoms with van der Waals surface area (Å²) in [7, 11) is 0. The normalized spacial score (nSPS) is 13.0. The van der Waals surface area contributed by atoms with E-state index in [9.17, 15) is 4.79 Å². The minimum atomic E-state index is -0.612. The fourth-order valence-corrected chi connectivity index (χ4v) is 3.37. The molecule has 0 aliphatic rings. The van der Waals surface area contributed by atoms with Gasteiger partial charge in [-0.25, -0.2) is 0 Å². The lowest BCUT2D eigenvalue weighted by Gasteiger charge is -2.24. The van der Waals surface area contributed by atoms with Gasteiger partial charge in [0.2, 0.25) is 5.44 Å². The van der Waals surface area contributed by atoms with Crippen LogP contribution in [0.5, 0.6) is 5.75 Å². The third-order valence-corrected chi connectivity index (χ3v) is 4.62. The number of ether oxygens (including phenoxy) is 1. The molecule has 0 aliphatic heterocycles. The molecule has 1 heterocycles. The van der Waals surface area contributed by atoms with Gasteiger partial charge in [-0.15, -0.1) is 11.8 Å². The molecule has 0 bridgehead atoms. The third kappa shape index (κ3) is 5.09. The quantitative estimate of drug-likeness (QED) is 0.668. The Morgan fingerprint density at radius 1 is 1.30 bits per heavy atom. The van der Waals surface area contributed by atoms with Crippen LogP contribution in [0.3, 0.4) is 0 Å². The summed E-state index contributed by atoms with van der Waals surface area (Å²) in [6.45, 7) is 5.83. The van der Waals surface area contributed by atoms with E-state index >= 15 is 0 Å². The molecule has 0 saturated heterocycles. The smallest absolute Gasteiger partial charge is 0.272 e. The highest BCUT2D eigenvalue weighted by molar-refractivity contribution is 9.11. The molecule has 0 fully saturated rings. The van der Waals surface area contributed by atoms with Crippen LogP contribution in [0.25, 0.3) is 10.9 Å². The van der Waals surface area contributed by atoms with Gasteiger partial charge in [0.05, 0.1) is 5.52 Å². The topological polar surface area (TPSA) is 51.2 Å². The number of halogens is 2. The third-order valence-electron chi connectivity index (χ3n) is 2.85. The lowest BCUT2D eigenvalue weighted by molar-refractivity contribution is -0.125. The van der Waals surface area contributed by atoms with E-state index < -0.39 is 5.44 Å². The molecule has 4 nitrogen and oxygen atoms in total. The highest BCUT2D eigenvalue weighted by atomic mass is 79.9. The first-order valence-electron chi connectivity index (χ1n) is 6.96. The SMILES string of the molecule is CSC(Oc1cc(Br)c2ncc(Br)cc2c1)C(=O)NC(C)(C)C. The fourth-order valence-electron chi connectivity index (χ4n) is 1.98. The lowest BCUT2D eigenvalue weighted by Crippen LogP contribution is -2.46. The first-order chi connectivity index (χ1) is 10.7. The first-order valence-corrected chi connectivity index (χ1v) is 9.83. The summed E-state index contributed by atoms with van der Waals surface area (Å²) in [4.78, 5) is 16.7. The van der Waals surface area contributed by atoms with Crippen molar-refractivity contribution in [2.24, 2.45) is 0 Å². The predicted octanol–water partition coefficient (Wildman–Crippen LogP) is 4.74. The Kier molecular flexibility index (Phi) is 5.97. The number of carbonyl (C=O) groups is 1. The number of nitrogens with one attached hydrogen (secondary N) is 1. The van der Waals surface area contributed by atoms with Gasteiger partial charge < -0.3 is 10.1 Å². The Bertz CT molecular complexity index is 732. The van der Waals surface area contributed by atoms with Crippen molar-refractivity contribution in [2.75, 3.05) is 6.26 Å². The van der Waals surface area contributed by atoms with E-state index in [1.807, 2.05) is 45.2 Å². The van der Waals surface area contributed by atoms with E-state index in [0.717, 1.165) is 19.8 Å². The van der Waals surface area contributed by atoms with Gasteiger partial charge in [-0.2, -0.15) is 0 Å². The maximum Gasteiger partial charge on any atom is 0.272 e. The predicted molar refractivity (Wildman–Crippen MR) is 103 cm³/mol. The molecular weight excluding hydrogens is 444 g/mol. The molecule has 1 N–H and O–H groups in total. The Hall–Kier alpha value is -0.790. The molecule has 2 rings (SSSR count). The average molecular weight is 462 g/mol. The van der Waals surface area contributed by atoms with Gasteiger partial charge >= 0.3 is 0 Å². The van der Waals surface area contributed by atoms with E-state index in [4.69, 9.17) is 4.74 Å². The number of benzene rings is 1. The van der Waals surface area contributed by atoms with Crippen molar-refractivity contribution in [1.82, 2.24) is 10.3 Å². The van der Waals surface area contributed by atoms with Crippen molar-refractivity contribution >= 4 is 60.4 Å². The largest absolute Gasteiger partial charge is 0.470 e. The minimum Gasteiger partial charge on any atom is -0.470 e. The second kappa shape index (κ2) is 7.40. The number of thioether (sulfide) groups is 1. The van der Waals surface area contributed by atoms with Crippen LogP contribution >= 0.6 is 43.6 Å². The number of carbonyl (C=O) groups excluding carboxylic acids is 1. The lowest BCUT2D eigenvalue weighted by atomic mass is 10.1. The van der Waals surface area contributed by atoms with Gasteiger partial charge in [-0.1, -0.05) is 0 Å². The number of nitrogens with zero attached hydrogens (tertiary/aromatic N) is 1. The van der Waals surface area contributed by atoms with Gasteiger partial charge in [0.15, 0.2) is 0 Å². The summed E-state index contributed by atoms with van der Waals surface area (Å²) >= 11 is 8.27. The number of pyridine rings is 1. The van der Waals surface area contributed by atoms with Crippen LogP contribution in [0.2, 0.25) is 0 Å². The van der Waals surface area contributed by atoms with Crippen LogP contribution in [0, 0.1) is 0 Å². The number of fused-ring (bicyclic) bond motifs is 1. The summed E-state index contributed by atoms with van der Waals surface area (Å²) in [6, 6.07) is 5.67. The summed E-state index contributed by atoms with van der Waals surface area (Å²) in [6.07, 6.45) is 3.59. The van der Waals surface area contributed by atoms with Gasteiger partial charge in [-0.05, 0) is 77.1 Å². The zero-order valence-corrected chi connectivity index (χ0v) is 17.3. The van der Waals surface area contributed by atoms with Gasteiger partial charge in [0.25, 0.3) is 5.91 Å². The van der Waals surface area contributed by atoms with E-state index in [0.29, 0.717) is 5.75 Å². The summed E-state index contributed by atoms with van der Waals surface area (Å²) in [5, 5.41) is 3.87. The summed E-state index contributed by atoms with van der Waals surface area (Å²) in [5.41, 5.74) is -0.0632. The standard InChI is InChI=1S/C16H18Br2N2O2S/c1-16(2,3)20-14(21)15(23-4)22-11-6-9-5-10(17)8-19-13(9)12(18)7-11/h5-8,15H,1-4H3,(H,20,21). The fraction of sp³-hybridized carbons (Fsp3) is 0.375.